The van der Waals surface area contributed by atoms with E-state index in [-0.39, 0.29) is 5.54 Å². The van der Waals surface area contributed by atoms with Gasteiger partial charge in [-0.2, -0.15) is 0 Å². The number of nitrogens with zero attached hydrogens (tertiary/aromatic N) is 2. The fraction of sp³-hybridized carbons (Fsp3) is 0.400. The van der Waals surface area contributed by atoms with Crippen molar-refractivity contribution >= 4 is 0 Å². The van der Waals surface area contributed by atoms with Crippen molar-refractivity contribution in [3.63, 3.8) is 0 Å². The fourth-order valence-electron chi connectivity index (χ4n) is 4.49. The predicted molar refractivity (Wildman–Crippen MR) is 117 cm³/mol. The summed E-state index contributed by atoms with van der Waals surface area (Å²) < 4.78 is 7.62. The maximum Gasteiger partial charge on any atom is 0.122 e. The molecule has 1 aromatic heterocycles. The summed E-state index contributed by atoms with van der Waals surface area (Å²) >= 11 is 0. The van der Waals surface area contributed by atoms with Crippen molar-refractivity contribution < 1.29 is 4.74 Å². The van der Waals surface area contributed by atoms with Gasteiger partial charge in [0.15, 0.2) is 0 Å². The van der Waals surface area contributed by atoms with Crippen molar-refractivity contribution in [1.29, 1.82) is 0 Å². The molecule has 1 N–H and O–H groups in total. The molecule has 0 spiro atoms. The molecule has 0 unspecified atom stereocenters. The maximum atomic E-state index is 5.37. The summed E-state index contributed by atoms with van der Waals surface area (Å²) in [5.41, 5.74) is 2.67. The number of hydrogen-bond acceptors (Lipinski definition) is 3. The molecule has 0 amide bonds. The minimum absolute atomic E-state index is 0.00625. The van der Waals surface area contributed by atoms with Crippen LogP contribution in [0.3, 0.4) is 0 Å². The van der Waals surface area contributed by atoms with Crippen LogP contribution in [-0.2, 0) is 18.6 Å². The molecule has 1 aliphatic rings. The second kappa shape index (κ2) is 9.27. The zero-order valence-electron chi connectivity index (χ0n) is 17.3. The highest BCUT2D eigenvalue weighted by Gasteiger charge is 2.32. The third-order valence-electron chi connectivity index (χ3n) is 6.18. The van der Waals surface area contributed by atoms with Gasteiger partial charge in [-0.3, -0.25) is 0 Å². The lowest BCUT2D eigenvalue weighted by molar-refractivity contribution is 0.282. The molecule has 0 saturated heterocycles. The van der Waals surface area contributed by atoms with E-state index in [1.165, 1.54) is 49.7 Å². The van der Waals surface area contributed by atoms with E-state index in [1.807, 2.05) is 6.20 Å². The minimum atomic E-state index is 0.00625. The number of rotatable bonds is 7. The number of benzene rings is 2. The predicted octanol–water partition coefficient (Wildman–Crippen LogP) is 5.28. The van der Waals surface area contributed by atoms with Gasteiger partial charge in [0.1, 0.15) is 11.6 Å². The largest absolute Gasteiger partial charge is 0.497 e. The Hall–Kier alpha value is -2.59. The number of imidazole rings is 1. The molecule has 0 bridgehead atoms. The van der Waals surface area contributed by atoms with Crippen LogP contribution in [0, 0.1) is 0 Å². The SMILES string of the molecule is COc1ccc(C2(NCc3nccn3Cc3ccccc3)CCCCCC2)cc1. The van der Waals surface area contributed by atoms with E-state index in [0.717, 1.165) is 24.7 Å². The molecule has 4 heteroatoms. The third-order valence-corrected chi connectivity index (χ3v) is 6.18. The lowest BCUT2D eigenvalue weighted by Gasteiger charge is -2.35. The van der Waals surface area contributed by atoms with E-state index < -0.39 is 0 Å². The van der Waals surface area contributed by atoms with E-state index in [9.17, 15) is 0 Å². The van der Waals surface area contributed by atoms with Gasteiger partial charge in [-0.15, -0.1) is 0 Å². The summed E-state index contributed by atoms with van der Waals surface area (Å²) in [7, 11) is 1.72. The highest BCUT2D eigenvalue weighted by Crippen LogP contribution is 2.37. The first-order valence-electron chi connectivity index (χ1n) is 10.7. The van der Waals surface area contributed by atoms with Crippen LogP contribution in [0.1, 0.15) is 55.5 Å². The van der Waals surface area contributed by atoms with Crippen molar-refractivity contribution in [2.24, 2.45) is 0 Å². The maximum absolute atomic E-state index is 5.37. The average molecular weight is 390 g/mol. The number of ether oxygens (including phenoxy) is 1. The molecule has 1 aliphatic carbocycles. The summed E-state index contributed by atoms with van der Waals surface area (Å²) in [6.07, 6.45) is 11.5. The van der Waals surface area contributed by atoms with Crippen LogP contribution in [0.4, 0.5) is 0 Å². The molecule has 0 atom stereocenters. The average Bonchev–Trinajstić information content (AvgIpc) is 3.07. The summed E-state index contributed by atoms with van der Waals surface area (Å²) in [5.74, 6) is 2.00. The van der Waals surface area contributed by atoms with Gasteiger partial charge < -0.3 is 14.6 Å². The van der Waals surface area contributed by atoms with Gasteiger partial charge in [-0.25, -0.2) is 4.98 Å². The van der Waals surface area contributed by atoms with Crippen molar-refractivity contribution in [2.45, 2.75) is 57.2 Å². The topological polar surface area (TPSA) is 39.1 Å². The molecule has 1 saturated carbocycles. The molecule has 1 fully saturated rings. The van der Waals surface area contributed by atoms with Crippen LogP contribution >= 0.6 is 0 Å². The van der Waals surface area contributed by atoms with E-state index in [0.29, 0.717) is 0 Å². The Labute approximate surface area is 173 Å². The van der Waals surface area contributed by atoms with Crippen molar-refractivity contribution in [3.05, 3.63) is 83.9 Å². The van der Waals surface area contributed by atoms with Crippen LogP contribution in [0.25, 0.3) is 0 Å². The fourth-order valence-corrected chi connectivity index (χ4v) is 4.49. The molecule has 152 valence electrons. The molecule has 3 aromatic rings. The molecule has 29 heavy (non-hydrogen) atoms. The highest BCUT2D eigenvalue weighted by molar-refractivity contribution is 5.32. The molecular formula is C25H31N3O. The van der Waals surface area contributed by atoms with Crippen LogP contribution < -0.4 is 10.1 Å². The highest BCUT2D eigenvalue weighted by atomic mass is 16.5. The molecule has 0 aliphatic heterocycles. The lowest BCUT2D eigenvalue weighted by atomic mass is 9.82. The minimum Gasteiger partial charge on any atom is -0.497 e. The molecule has 2 aromatic carbocycles. The molecule has 4 nitrogen and oxygen atoms in total. The van der Waals surface area contributed by atoms with Crippen molar-refractivity contribution in [1.82, 2.24) is 14.9 Å². The van der Waals surface area contributed by atoms with Gasteiger partial charge in [0.05, 0.1) is 13.7 Å². The number of aromatic nitrogens is 2. The number of methoxy groups -OCH3 is 1. The third kappa shape index (κ3) is 4.70. The first kappa shape index (κ1) is 19.7. The van der Waals surface area contributed by atoms with E-state index in [2.05, 4.69) is 75.7 Å². The Balaban J connectivity index is 1.54. The van der Waals surface area contributed by atoms with Gasteiger partial charge in [0.2, 0.25) is 0 Å². The Kier molecular flexibility index (Phi) is 6.30. The molecule has 4 rings (SSSR count). The Morgan fingerprint density at radius 1 is 0.966 bits per heavy atom. The number of nitrogens with one attached hydrogen (secondary N) is 1. The Morgan fingerprint density at radius 2 is 1.69 bits per heavy atom. The van der Waals surface area contributed by atoms with E-state index in [1.54, 1.807) is 7.11 Å². The van der Waals surface area contributed by atoms with Gasteiger partial charge in [-0.1, -0.05) is 68.1 Å². The Morgan fingerprint density at radius 3 is 2.38 bits per heavy atom. The van der Waals surface area contributed by atoms with Crippen LogP contribution in [0.15, 0.2) is 67.0 Å². The summed E-state index contributed by atoms with van der Waals surface area (Å²) in [6, 6.07) is 19.2. The lowest BCUT2D eigenvalue weighted by Crippen LogP contribution is -2.42. The first-order valence-corrected chi connectivity index (χ1v) is 10.7. The molecular weight excluding hydrogens is 358 g/mol. The van der Waals surface area contributed by atoms with Crippen molar-refractivity contribution in [2.75, 3.05) is 7.11 Å². The van der Waals surface area contributed by atoms with E-state index in [4.69, 9.17) is 4.74 Å². The van der Waals surface area contributed by atoms with Crippen molar-refractivity contribution in [3.8, 4) is 5.75 Å². The van der Waals surface area contributed by atoms with Gasteiger partial charge in [0, 0.05) is 24.5 Å². The standard InChI is InChI=1S/C25H31N3O/c1-29-23-13-11-22(12-14-23)25(15-7-2-3-8-16-25)27-19-24-26-17-18-28(24)20-21-9-5-4-6-10-21/h4-6,9-14,17-18,27H,2-3,7-8,15-16,19-20H2,1H3. The summed E-state index contributed by atoms with van der Waals surface area (Å²) in [5, 5.41) is 3.93. The second-order valence-electron chi connectivity index (χ2n) is 8.04. The van der Waals surface area contributed by atoms with Gasteiger partial charge in [-0.05, 0) is 36.1 Å². The number of hydrogen-bond donors (Lipinski definition) is 1. The smallest absolute Gasteiger partial charge is 0.122 e. The Bertz CT molecular complexity index is 878. The quantitative estimate of drug-likeness (QED) is 0.559. The van der Waals surface area contributed by atoms with Crippen LogP contribution in [0.2, 0.25) is 0 Å². The van der Waals surface area contributed by atoms with Gasteiger partial charge in [0.25, 0.3) is 0 Å². The second-order valence-corrected chi connectivity index (χ2v) is 8.04. The summed E-state index contributed by atoms with van der Waals surface area (Å²) in [6.45, 7) is 1.62. The molecule has 0 radical (unpaired) electrons. The summed E-state index contributed by atoms with van der Waals surface area (Å²) in [4.78, 5) is 4.65. The van der Waals surface area contributed by atoms with Crippen LogP contribution in [-0.4, -0.2) is 16.7 Å². The zero-order valence-corrected chi connectivity index (χ0v) is 17.3. The first-order chi connectivity index (χ1) is 14.3. The zero-order chi connectivity index (χ0) is 19.9. The monoisotopic (exact) mass is 389 g/mol. The normalized spacial score (nSPS) is 16.3. The van der Waals surface area contributed by atoms with E-state index >= 15 is 0 Å². The molecule has 1 heterocycles. The van der Waals surface area contributed by atoms with Crippen LogP contribution in [0.5, 0.6) is 5.75 Å². The van der Waals surface area contributed by atoms with Gasteiger partial charge >= 0.3 is 0 Å².